The van der Waals surface area contributed by atoms with E-state index in [1.165, 1.54) is 10.8 Å². The van der Waals surface area contributed by atoms with E-state index in [1.54, 1.807) is 0 Å². The molecule has 252 valence electrons. The summed E-state index contributed by atoms with van der Waals surface area (Å²) in [6.07, 6.45) is 0. The summed E-state index contributed by atoms with van der Waals surface area (Å²) in [6, 6.07) is 66.1. The quantitative estimate of drug-likeness (QED) is 0.181. The number of hydrogen-bond acceptors (Lipinski definition) is 3. The highest BCUT2D eigenvalue weighted by Gasteiger charge is 2.20. The lowest BCUT2D eigenvalue weighted by atomic mass is 9.96. The third-order valence-electron chi connectivity index (χ3n) is 10.5. The van der Waals surface area contributed by atoms with Crippen LogP contribution in [0.1, 0.15) is 0 Å². The number of benzene rings is 7. The smallest absolute Gasteiger partial charge is 0.221 e. The number of para-hydroxylation sites is 4. The molecule has 0 unspecified atom stereocenters. The summed E-state index contributed by atoms with van der Waals surface area (Å²) in [6.45, 7) is 0. The maximum Gasteiger partial charge on any atom is 0.221 e. The summed E-state index contributed by atoms with van der Waals surface area (Å²) in [7, 11) is 0. The van der Waals surface area contributed by atoms with Gasteiger partial charge in [0.25, 0.3) is 0 Å². The fraction of sp³-hybridized carbons (Fsp3) is 0. The molecule has 0 aliphatic heterocycles. The van der Waals surface area contributed by atoms with Crippen molar-refractivity contribution >= 4 is 49.4 Å². The van der Waals surface area contributed by atoms with Gasteiger partial charge in [-0.25, -0.2) is 15.0 Å². The summed E-state index contributed by atoms with van der Waals surface area (Å²) >= 11 is 0. The lowest BCUT2D eigenvalue weighted by molar-refractivity contribution is 0.979. The van der Waals surface area contributed by atoms with Gasteiger partial charge in [-0.15, -0.1) is 0 Å². The van der Waals surface area contributed by atoms with Crippen molar-refractivity contribution in [2.75, 3.05) is 0 Å². The first kappa shape index (κ1) is 30.3. The van der Waals surface area contributed by atoms with Crippen LogP contribution in [-0.4, -0.2) is 23.9 Å². The molecule has 54 heavy (non-hydrogen) atoms. The predicted molar refractivity (Wildman–Crippen MR) is 222 cm³/mol. The Morgan fingerprint density at radius 3 is 1.61 bits per heavy atom. The number of nitrogens with zero attached hydrogens (tertiary/aromatic N) is 5. The Hall–Kier alpha value is -7.37. The minimum absolute atomic E-state index is 0.813. The van der Waals surface area contributed by atoms with Gasteiger partial charge < -0.3 is 0 Å². The molecule has 0 saturated carbocycles. The molecular weight excluding hydrogens is 659 g/mol. The number of aromatic nitrogens is 5. The average molecular weight is 690 g/mol. The van der Waals surface area contributed by atoms with E-state index in [9.17, 15) is 0 Å². The first-order valence-corrected chi connectivity index (χ1v) is 18.2. The number of imidazole rings is 1. The fourth-order valence-corrected chi connectivity index (χ4v) is 7.93. The molecule has 0 amide bonds. The number of hydrogen-bond donors (Lipinski definition) is 0. The van der Waals surface area contributed by atoms with Crippen LogP contribution in [0.3, 0.4) is 0 Å². The predicted octanol–water partition coefficient (Wildman–Crippen LogP) is 12.2. The number of fused-ring (bicyclic) bond motifs is 8. The van der Waals surface area contributed by atoms with Crippen molar-refractivity contribution in [3.63, 3.8) is 0 Å². The SMILES string of the molecule is c1ccc(-c2cc(-c3cccc(-c4ccc5c6ccccc6n(-c6nc7ccccc7c7nc8ccccc8n67)c5c4)c3)cc(-c3ccccc3)n2)cc1. The Balaban J connectivity index is 1.12. The molecule has 0 saturated heterocycles. The van der Waals surface area contributed by atoms with Crippen molar-refractivity contribution in [3.05, 3.63) is 188 Å². The van der Waals surface area contributed by atoms with E-state index in [4.69, 9.17) is 15.0 Å². The Kier molecular flexibility index (Phi) is 6.79. The van der Waals surface area contributed by atoms with Crippen LogP contribution in [0.4, 0.5) is 0 Å². The molecule has 4 heterocycles. The molecule has 5 heteroatoms. The van der Waals surface area contributed by atoms with Crippen molar-refractivity contribution in [2.24, 2.45) is 0 Å². The highest BCUT2D eigenvalue weighted by molar-refractivity contribution is 6.10. The molecule has 7 aromatic carbocycles. The second kappa shape index (κ2) is 12.1. The van der Waals surface area contributed by atoms with Crippen LogP contribution in [0, 0.1) is 0 Å². The minimum Gasteiger partial charge on any atom is -0.279 e. The van der Waals surface area contributed by atoms with Crippen molar-refractivity contribution in [2.45, 2.75) is 0 Å². The summed E-state index contributed by atoms with van der Waals surface area (Å²) in [4.78, 5) is 15.6. The number of pyridine rings is 1. The topological polar surface area (TPSA) is 48.0 Å². The molecule has 0 radical (unpaired) electrons. The Labute approximate surface area is 311 Å². The van der Waals surface area contributed by atoms with Gasteiger partial charge in [-0.3, -0.25) is 8.97 Å². The molecule has 0 bridgehead atoms. The van der Waals surface area contributed by atoms with Crippen molar-refractivity contribution in [1.29, 1.82) is 0 Å². The van der Waals surface area contributed by atoms with Gasteiger partial charge in [0.2, 0.25) is 5.95 Å². The third-order valence-corrected chi connectivity index (χ3v) is 10.5. The van der Waals surface area contributed by atoms with E-state index in [1.807, 2.05) is 24.3 Å². The minimum atomic E-state index is 0.813. The Morgan fingerprint density at radius 1 is 0.315 bits per heavy atom. The van der Waals surface area contributed by atoms with Crippen LogP contribution in [-0.2, 0) is 0 Å². The Morgan fingerprint density at radius 2 is 0.870 bits per heavy atom. The maximum atomic E-state index is 5.37. The summed E-state index contributed by atoms with van der Waals surface area (Å²) in [5.74, 6) is 0.813. The first-order valence-electron chi connectivity index (χ1n) is 18.2. The third kappa shape index (κ3) is 4.83. The molecular formula is C49H31N5. The molecule has 0 N–H and O–H groups in total. The van der Waals surface area contributed by atoms with Crippen LogP contribution in [0.25, 0.3) is 100 Å². The molecule has 0 fully saturated rings. The second-order valence-corrected chi connectivity index (χ2v) is 13.7. The molecule has 0 aliphatic carbocycles. The second-order valence-electron chi connectivity index (χ2n) is 13.7. The van der Waals surface area contributed by atoms with Crippen LogP contribution < -0.4 is 0 Å². The first-order chi connectivity index (χ1) is 26.8. The van der Waals surface area contributed by atoms with Crippen LogP contribution in [0.5, 0.6) is 0 Å². The maximum absolute atomic E-state index is 5.37. The fourth-order valence-electron chi connectivity index (χ4n) is 7.93. The summed E-state index contributed by atoms with van der Waals surface area (Å²) in [5, 5.41) is 3.38. The largest absolute Gasteiger partial charge is 0.279 e. The van der Waals surface area contributed by atoms with E-state index in [-0.39, 0.29) is 0 Å². The van der Waals surface area contributed by atoms with Gasteiger partial charge in [-0.1, -0.05) is 133 Å². The van der Waals surface area contributed by atoms with Crippen LogP contribution >= 0.6 is 0 Å². The molecule has 11 aromatic rings. The normalized spacial score (nSPS) is 11.7. The van der Waals surface area contributed by atoms with Crippen molar-refractivity contribution < 1.29 is 0 Å². The molecule has 0 aliphatic rings. The van der Waals surface area contributed by atoms with Gasteiger partial charge in [-0.2, -0.15) is 0 Å². The van der Waals surface area contributed by atoms with Gasteiger partial charge in [0, 0.05) is 27.3 Å². The lowest BCUT2D eigenvalue weighted by Crippen LogP contribution is -2.06. The zero-order valence-electron chi connectivity index (χ0n) is 29.1. The van der Waals surface area contributed by atoms with Crippen molar-refractivity contribution in [3.8, 4) is 50.7 Å². The molecule has 4 aromatic heterocycles. The van der Waals surface area contributed by atoms with Crippen LogP contribution in [0.2, 0.25) is 0 Å². The van der Waals surface area contributed by atoms with E-state index in [0.717, 1.165) is 89.3 Å². The van der Waals surface area contributed by atoms with E-state index < -0.39 is 0 Å². The lowest BCUT2D eigenvalue weighted by Gasteiger charge is -2.13. The zero-order chi connectivity index (χ0) is 35.6. The Bertz CT molecular complexity index is 3160. The van der Waals surface area contributed by atoms with Crippen LogP contribution in [0.15, 0.2) is 188 Å². The van der Waals surface area contributed by atoms with Gasteiger partial charge in [0.05, 0.1) is 39.0 Å². The molecule has 5 nitrogen and oxygen atoms in total. The molecule has 11 rings (SSSR count). The van der Waals surface area contributed by atoms with Gasteiger partial charge >= 0.3 is 0 Å². The van der Waals surface area contributed by atoms with E-state index >= 15 is 0 Å². The number of rotatable bonds is 5. The molecule has 0 atom stereocenters. The van der Waals surface area contributed by atoms with Crippen molar-refractivity contribution in [1.82, 2.24) is 23.9 Å². The summed E-state index contributed by atoms with van der Waals surface area (Å²) in [5.41, 5.74) is 14.5. The summed E-state index contributed by atoms with van der Waals surface area (Å²) < 4.78 is 4.53. The van der Waals surface area contributed by atoms with Gasteiger partial charge in [-0.05, 0) is 76.9 Å². The zero-order valence-corrected chi connectivity index (χ0v) is 29.1. The average Bonchev–Trinajstić information content (AvgIpc) is 3.80. The molecule has 0 spiro atoms. The highest BCUT2D eigenvalue weighted by atomic mass is 15.2. The van der Waals surface area contributed by atoms with E-state index in [0.29, 0.717) is 0 Å². The van der Waals surface area contributed by atoms with Gasteiger partial charge in [0.15, 0.2) is 0 Å². The monoisotopic (exact) mass is 689 g/mol. The standard InChI is InChI=1S/C49H31N5/c1-3-14-32(15-4-1)43-29-37(30-44(50-43)33-16-5-2-6-17-33)35-19-13-18-34(28-35)36-26-27-39-38-20-8-11-24-45(38)53(47(39)31-36)49-52-41-22-9-7-21-40(41)48-51-42-23-10-12-25-46(42)54(48)49/h1-31H. The van der Waals surface area contributed by atoms with Gasteiger partial charge in [0.1, 0.15) is 5.65 Å². The highest BCUT2D eigenvalue weighted by Crippen LogP contribution is 2.38. The van der Waals surface area contributed by atoms with E-state index in [2.05, 4.69) is 173 Å².